The average Bonchev–Trinajstić information content (AvgIpc) is 3.46. The molecule has 1 aromatic heterocycles. The van der Waals surface area contributed by atoms with Gasteiger partial charge in [-0.3, -0.25) is 4.90 Å². The molecule has 0 saturated carbocycles. The highest BCUT2D eigenvalue weighted by molar-refractivity contribution is 9.10. The van der Waals surface area contributed by atoms with E-state index in [0.29, 0.717) is 51.0 Å². The standard InChI is InChI=1S/C31H40BrClN7O3P/c1-38-10-12-39(13-11-38)21-5-8-40(9-6-21)26-18-28(42-2)24(16-23(26)33)36-31-34-19-22(32)30(37-31)35-25-17-27-20(7-14-43-27)15-29(25)44(3,4)41/h15-19,21H,5-14H2,1-4H3,(H2,34,35,36,37). The van der Waals surface area contributed by atoms with E-state index >= 15 is 0 Å². The number of benzene rings is 2. The van der Waals surface area contributed by atoms with Gasteiger partial charge in [-0.05, 0) is 66.8 Å². The molecule has 3 aliphatic heterocycles. The van der Waals surface area contributed by atoms with Crippen LogP contribution in [0, 0.1) is 0 Å². The van der Waals surface area contributed by atoms with Crippen LogP contribution in [0.4, 0.5) is 28.8 Å². The highest BCUT2D eigenvalue weighted by Crippen LogP contribution is 2.43. The lowest BCUT2D eigenvalue weighted by atomic mass is 10.0. The van der Waals surface area contributed by atoms with Gasteiger partial charge in [-0.1, -0.05) is 11.6 Å². The number of hydrogen-bond donors (Lipinski definition) is 2. The predicted molar refractivity (Wildman–Crippen MR) is 183 cm³/mol. The van der Waals surface area contributed by atoms with Crippen LogP contribution in [0.2, 0.25) is 5.02 Å². The number of methoxy groups -OCH3 is 1. The van der Waals surface area contributed by atoms with E-state index in [9.17, 15) is 4.57 Å². The van der Waals surface area contributed by atoms with Gasteiger partial charge in [0.25, 0.3) is 0 Å². The molecular weight excluding hydrogens is 665 g/mol. The van der Waals surface area contributed by atoms with E-state index in [1.54, 1.807) is 26.6 Å². The molecule has 0 bridgehead atoms. The van der Waals surface area contributed by atoms with Crippen LogP contribution >= 0.6 is 34.7 Å². The molecule has 4 heterocycles. The third kappa shape index (κ3) is 6.82. The molecule has 0 spiro atoms. The highest BCUT2D eigenvalue weighted by atomic mass is 79.9. The molecule has 2 saturated heterocycles. The van der Waals surface area contributed by atoms with E-state index < -0.39 is 7.14 Å². The van der Waals surface area contributed by atoms with E-state index in [4.69, 9.17) is 26.1 Å². The van der Waals surface area contributed by atoms with Crippen molar-refractivity contribution in [2.45, 2.75) is 25.3 Å². The quantitative estimate of drug-likeness (QED) is 0.281. The zero-order valence-electron chi connectivity index (χ0n) is 25.7. The summed E-state index contributed by atoms with van der Waals surface area (Å²) >= 11 is 10.4. The van der Waals surface area contributed by atoms with Gasteiger partial charge in [-0.2, -0.15) is 4.98 Å². The number of likely N-dealkylation sites (N-methyl/N-ethyl adjacent to an activating group) is 1. The predicted octanol–water partition coefficient (Wildman–Crippen LogP) is 5.79. The first kappa shape index (κ1) is 31.4. The molecule has 3 aromatic rings. The number of hydrogen-bond acceptors (Lipinski definition) is 10. The topological polar surface area (TPSA) is 95.1 Å². The number of halogens is 2. The molecule has 44 heavy (non-hydrogen) atoms. The molecule has 2 aromatic carbocycles. The first-order valence-corrected chi connectivity index (χ1v) is 18.8. The van der Waals surface area contributed by atoms with Crippen LogP contribution in [0.25, 0.3) is 0 Å². The first-order valence-electron chi connectivity index (χ1n) is 15.1. The van der Waals surface area contributed by atoms with E-state index in [-0.39, 0.29) is 0 Å². The molecule has 236 valence electrons. The van der Waals surface area contributed by atoms with Crippen LogP contribution in [0.1, 0.15) is 18.4 Å². The van der Waals surface area contributed by atoms with E-state index in [0.717, 1.165) is 80.8 Å². The Balaban J connectivity index is 1.19. The molecule has 0 radical (unpaired) electrons. The minimum Gasteiger partial charge on any atom is -0.494 e. The molecule has 6 rings (SSSR count). The van der Waals surface area contributed by atoms with Crippen molar-refractivity contribution in [3.63, 3.8) is 0 Å². The van der Waals surface area contributed by atoms with Crippen molar-refractivity contribution in [1.82, 2.24) is 19.8 Å². The number of nitrogens with zero attached hydrogens (tertiary/aromatic N) is 5. The molecule has 3 aliphatic rings. The number of piperidine rings is 1. The van der Waals surface area contributed by atoms with E-state index in [1.165, 1.54) is 0 Å². The van der Waals surface area contributed by atoms with Crippen LogP contribution in [0.3, 0.4) is 0 Å². The van der Waals surface area contributed by atoms with Crippen LogP contribution in [-0.2, 0) is 11.0 Å². The lowest BCUT2D eigenvalue weighted by molar-refractivity contribution is 0.0982. The second-order valence-electron chi connectivity index (χ2n) is 12.1. The summed E-state index contributed by atoms with van der Waals surface area (Å²) in [5, 5.41) is 8.06. The summed E-state index contributed by atoms with van der Waals surface area (Å²) in [4.78, 5) is 16.6. The van der Waals surface area contributed by atoms with Gasteiger partial charge in [0.05, 0.1) is 40.3 Å². The Kier molecular flexibility index (Phi) is 9.32. The van der Waals surface area contributed by atoms with Gasteiger partial charge >= 0.3 is 0 Å². The zero-order chi connectivity index (χ0) is 31.0. The number of aromatic nitrogens is 2. The van der Waals surface area contributed by atoms with Crippen LogP contribution in [-0.4, -0.2) is 99.2 Å². The Morgan fingerprint density at radius 1 is 1.05 bits per heavy atom. The fourth-order valence-corrected chi connectivity index (χ4v) is 7.97. The molecule has 13 heteroatoms. The van der Waals surface area contributed by atoms with Crippen LogP contribution in [0.5, 0.6) is 11.5 Å². The number of piperazine rings is 1. The smallest absolute Gasteiger partial charge is 0.229 e. The van der Waals surface area contributed by atoms with E-state index in [2.05, 4.69) is 53.3 Å². The Labute approximate surface area is 273 Å². The van der Waals surface area contributed by atoms with Crippen molar-refractivity contribution in [2.24, 2.45) is 0 Å². The maximum atomic E-state index is 13.2. The zero-order valence-corrected chi connectivity index (χ0v) is 28.9. The number of ether oxygens (including phenoxy) is 2. The lowest BCUT2D eigenvalue weighted by Crippen LogP contribution is -2.52. The van der Waals surface area contributed by atoms with Crippen molar-refractivity contribution < 1.29 is 14.0 Å². The summed E-state index contributed by atoms with van der Waals surface area (Å²) in [7, 11) is 1.27. The Bertz CT molecular complexity index is 1570. The van der Waals surface area contributed by atoms with Gasteiger partial charge in [0.1, 0.15) is 24.5 Å². The maximum absolute atomic E-state index is 13.2. The fraction of sp³-hybridized carbons (Fsp3) is 0.484. The maximum Gasteiger partial charge on any atom is 0.229 e. The van der Waals surface area contributed by atoms with Gasteiger partial charge in [0.2, 0.25) is 5.95 Å². The number of fused-ring (bicyclic) bond motifs is 1. The Hall–Kier alpha value is -2.56. The van der Waals surface area contributed by atoms with Gasteiger partial charge < -0.3 is 34.5 Å². The van der Waals surface area contributed by atoms with Crippen molar-refractivity contribution in [3.05, 3.63) is 45.5 Å². The molecule has 0 atom stereocenters. The lowest BCUT2D eigenvalue weighted by Gasteiger charge is -2.42. The second-order valence-corrected chi connectivity index (χ2v) is 16.6. The summed E-state index contributed by atoms with van der Waals surface area (Å²) in [6, 6.07) is 8.40. The van der Waals surface area contributed by atoms with Gasteiger partial charge in [0.15, 0.2) is 0 Å². The minimum atomic E-state index is -2.58. The molecule has 0 amide bonds. The summed E-state index contributed by atoms with van der Waals surface area (Å²) in [6.07, 6.45) is 4.72. The molecule has 2 N–H and O–H groups in total. The number of anilines is 5. The second kappa shape index (κ2) is 13.0. The van der Waals surface area contributed by atoms with Crippen LogP contribution < -0.4 is 30.3 Å². The van der Waals surface area contributed by atoms with Crippen molar-refractivity contribution in [2.75, 3.05) is 88.9 Å². The summed E-state index contributed by atoms with van der Waals surface area (Å²) in [5.74, 6) is 2.35. The molecule has 0 unspecified atom stereocenters. The first-order chi connectivity index (χ1) is 21.1. The van der Waals surface area contributed by atoms with Crippen molar-refractivity contribution >= 4 is 68.8 Å². The highest BCUT2D eigenvalue weighted by Gasteiger charge is 2.28. The fourth-order valence-electron chi connectivity index (χ4n) is 6.23. The third-order valence-corrected chi connectivity index (χ3v) is 11.2. The molecule has 2 fully saturated rings. The monoisotopic (exact) mass is 703 g/mol. The van der Waals surface area contributed by atoms with Gasteiger partial charge in [-0.25, -0.2) is 4.98 Å². The molecule has 10 nitrogen and oxygen atoms in total. The third-order valence-electron chi connectivity index (χ3n) is 8.76. The molecular formula is C31H40BrClN7O3P. The van der Waals surface area contributed by atoms with Crippen molar-refractivity contribution in [3.8, 4) is 11.5 Å². The average molecular weight is 705 g/mol. The normalized spacial score (nSPS) is 18.2. The summed E-state index contributed by atoms with van der Waals surface area (Å²) in [5.41, 5.74) is 3.41. The SMILES string of the molecule is COc1cc(N2CCC(N3CCN(C)CC3)CC2)c(Cl)cc1Nc1ncc(Br)c(Nc2cc3c(cc2P(C)(C)=O)CCO3)n1. The summed E-state index contributed by atoms with van der Waals surface area (Å²) in [6.45, 7) is 10.6. The number of nitrogens with one attached hydrogen (secondary N) is 2. The van der Waals surface area contributed by atoms with E-state index in [1.807, 2.05) is 24.3 Å². The largest absolute Gasteiger partial charge is 0.494 e. The Morgan fingerprint density at radius 3 is 2.50 bits per heavy atom. The summed E-state index contributed by atoms with van der Waals surface area (Å²) < 4.78 is 25.4. The van der Waals surface area contributed by atoms with Crippen molar-refractivity contribution in [1.29, 1.82) is 0 Å². The van der Waals surface area contributed by atoms with Gasteiger partial charge in [0, 0.05) is 75.4 Å². The molecule has 0 aliphatic carbocycles. The minimum absolute atomic E-state index is 0.362. The van der Waals surface area contributed by atoms with Gasteiger partial charge in [-0.15, -0.1) is 0 Å². The van der Waals surface area contributed by atoms with Crippen LogP contribution in [0.15, 0.2) is 34.9 Å². The number of rotatable bonds is 8. The Morgan fingerprint density at radius 2 is 1.80 bits per heavy atom.